The molecule has 1 saturated carbocycles. The van der Waals surface area contributed by atoms with Crippen LogP contribution in [0.1, 0.15) is 19.3 Å². The fraction of sp³-hybridized carbons (Fsp3) is 0.375. The molecule has 1 heterocycles. The van der Waals surface area contributed by atoms with E-state index in [9.17, 15) is 0 Å². The largest absolute Gasteiger partial charge is 0.439 e. The SMILES string of the molecule is CSC1CCCC1Nc1nccc(Oc2ccccc2)n1. The molecule has 2 unspecified atom stereocenters. The van der Waals surface area contributed by atoms with Gasteiger partial charge >= 0.3 is 0 Å². The number of thioether (sulfide) groups is 1. The second-order valence-corrected chi connectivity index (χ2v) is 6.17. The van der Waals surface area contributed by atoms with Crippen molar-refractivity contribution in [1.82, 2.24) is 9.97 Å². The summed E-state index contributed by atoms with van der Waals surface area (Å²) in [5, 5.41) is 4.09. The zero-order chi connectivity index (χ0) is 14.5. The zero-order valence-electron chi connectivity index (χ0n) is 12.0. The van der Waals surface area contributed by atoms with Crippen LogP contribution in [0.5, 0.6) is 11.6 Å². The van der Waals surface area contributed by atoms with Crippen LogP contribution in [0.25, 0.3) is 0 Å². The Hall–Kier alpha value is -1.75. The lowest BCUT2D eigenvalue weighted by Crippen LogP contribution is -2.26. The van der Waals surface area contributed by atoms with E-state index in [1.165, 1.54) is 19.3 Å². The molecule has 0 saturated heterocycles. The minimum atomic E-state index is 0.451. The molecule has 1 aromatic carbocycles. The van der Waals surface area contributed by atoms with E-state index in [0.717, 1.165) is 5.75 Å². The Labute approximate surface area is 129 Å². The predicted octanol–water partition coefficient (Wildman–Crippen LogP) is 3.96. The molecule has 1 aliphatic rings. The highest BCUT2D eigenvalue weighted by molar-refractivity contribution is 7.99. The molecule has 0 aliphatic heterocycles. The van der Waals surface area contributed by atoms with Crippen molar-refractivity contribution in [1.29, 1.82) is 0 Å². The first-order valence-electron chi connectivity index (χ1n) is 7.20. The fourth-order valence-corrected chi connectivity index (χ4v) is 3.55. The van der Waals surface area contributed by atoms with Crippen molar-refractivity contribution in [3.8, 4) is 11.6 Å². The van der Waals surface area contributed by atoms with E-state index in [4.69, 9.17) is 4.74 Å². The number of hydrogen-bond acceptors (Lipinski definition) is 5. The van der Waals surface area contributed by atoms with Crippen molar-refractivity contribution in [2.24, 2.45) is 0 Å². The van der Waals surface area contributed by atoms with Crippen LogP contribution < -0.4 is 10.1 Å². The van der Waals surface area contributed by atoms with Crippen LogP contribution in [0.4, 0.5) is 5.95 Å². The summed E-state index contributed by atoms with van der Waals surface area (Å²) < 4.78 is 5.74. The molecule has 1 aromatic heterocycles. The van der Waals surface area contributed by atoms with E-state index in [-0.39, 0.29) is 0 Å². The van der Waals surface area contributed by atoms with Gasteiger partial charge in [0.2, 0.25) is 11.8 Å². The first-order valence-corrected chi connectivity index (χ1v) is 8.49. The molecule has 3 rings (SSSR count). The number of anilines is 1. The molecule has 1 N–H and O–H groups in total. The zero-order valence-corrected chi connectivity index (χ0v) is 12.8. The van der Waals surface area contributed by atoms with E-state index >= 15 is 0 Å². The van der Waals surface area contributed by atoms with E-state index in [1.54, 1.807) is 12.3 Å². The molecular weight excluding hydrogens is 282 g/mol. The van der Waals surface area contributed by atoms with Crippen molar-refractivity contribution >= 4 is 17.7 Å². The van der Waals surface area contributed by atoms with Crippen LogP contribution in [-0.2, 0) is 0 Å². The summed E-state index contributed by atoms with van der Waals surface area (Å²) in [4.78, 5) is 8.75. The monoisotopic (exact) mass is 301 g/mol. The summed E-state index contributed by atoms with van der Waals surface area (Å²) in [7, 11) is 0. The summed E-state index contributed by atoms with van der Waals surface area (Å²) in [5.74, 6) is 2.00. The third kappa shape index (κ3) is 3.67. The third-order valence-electron chi connectivity index (χ3n) is 3.67. The molecule has 5 heteroatoms. The molecule has 1 aliphatic carbocycles. The molecule has 4 nitrogen and oxygen atoms in total. The minimum absolute atomic E-state index is 0.451. The molecule has 2 atom stereocenters. The summed E-state index contributed by atoms with van der Waals surface area (Å²) >= 11 is 1.92. The molecule has 0 spiro atoms. The van der Waals surface area contributed by atoms with Crippen molar-refractivity contribution in [3.05, 3.63) is 42.6 Å². The van der Waals surface area contributed by atoms with Gasteiger partial charge in [-0.05, 0) is 31.2 Å². The average Bonchev–Trinajstić information content (AvgIpc) is 2.96. The highest BCUT2D eigenvalue weighted by Gasteiger charge is 2.26. The van der Waals surface area contributed by atoms with Gasteiger partial charge in [0.1, 0.15) is 5.75 Å². The van der Waals surface area contributed by atoms with Crippen LogP contribution in [0.3, 0.4) is 0 Å². The molecule has 110 valence electrons. The topological polar surface area (TPSA) is 47.0 Å². The molecule has 21 heavy (non-hydrogen) atoms. The van der Waals surface area contributed by atoms with Crippen LogP contribution in [-0.4, -0.2) is 27.5 Å². The quantitative estimate of drug-likeness (QED) is 0.905. The maximum atomic E-state index is 5.74. The predicted molar refractivity (Wildman–Crippen MR) is 87.1 cm³/mol. The average molecular weight is 301 g/mol. The van der Waals surface area contributed by atoms with Crippen molar-refractivity contribution in [2.45, 2.75) is 30.6 Å². The lowest BCUT2D eigenvalue weighted by Gasteiger charge is -2.19. The molecule has 0 bridgehead atoms. The van der Waals surface area contributed by atoms with Gasteiger partial charge < -0.3 is 10.1 Å². The van der Waals surface area contributed by atoms with E-state index in [1.807, 2.05) is 42.1 Å². The summed E-state index contributed by atoms with van der Waals surface area (Å²) in [6.07, 6.45) is 7.61. The van der Waals surface area contributed by atoms with Gasteiger partial charge in [-0.25, -0.2) is 4.98 Å². The van der Waals surface area contributed by atoms with Gasteiger partial charge in [0.05, 0.1) is 0 Å². The summed E-state index contributed by atoms with van der Waals surface area (Å²) in [6.45, 7) is 0. The summed E-state index contributed by atoms with van der Waals surface area (Å²) in [6, 6.07) is 11.9. The number of ether oxygens (including phenoxy) is 1. The Kier molecular flexibility index (Phi) is 4.60. The molecule has 0 radical (unpaired) electrons. The Morgan fingerprint density at radius 3 is 2.86 bits per heavy atom. The van der Waals surface area contributed by atoms with E-state index < -0.39 is 0 Å². The first kappa shape index (κ1) is 14.2. The molecule has 1 fully saturated rings. The number of nitrogens with zero attached hydrogens (tertiary/aromatic N) is 2. The smallest absolute Gasteiger partial charge is 0.226 e. The summed E-state index contributed by atoms with van der Waals surface area (Å²) in [5.41, 5.74) is 0. The van der Waals surface area contributed by atoms with Gasteiger partial charge in [-0.15, -0.1) is 0 Å². The van der Waals surface area contributed by atoms with Gasteiger partial charge in [0.15, 0.2) is 0 Å². The van der Waals surface area contributed by atoms with Crippen molar-refractivity contribution < 1.29 is 4.74 Å². The molecule has 2 aromatic rings. The van der Waals surface area contributed by atoms with Crippen LogP contribution in [0, 0.1) is 0 Å². The van der Waals surface area contributed by atoms with Crippen molar-refractivity contribution in [3.63, 3.8) is 0 Å². The Morgan fingerprint density at radius 1 is 1.19 bits per heavy atom. The van der Waals surface area contributed by atoms with Gasteiger partial charge in [-0.2, -0.15) is 16.7 Å². The second-order valence-electron chi connectivity index (χ2n) is 5.09. The minimum Gasteiger partial charge on any atom is -0.439 e. The van der Waals surface area contributed by atoms with Crippen LogP contribution in [0.2, 0.25) is 0 Å². The standard InChI is InChI=1S/C16H19N3OS/c1-21-14-9-5-8-13(14)18-16-17-11-10-15(19-16)20-12-6-3-2-4-7-12/h2-4,6-7,10-11,13-14H,5,8-9H2,1H3,(H,17,18,19). The Bertz CT molecular complexity index is 579. The van der Waals surface area contributed by atoms with Crippen molar-refractivity contribution in [2.75, 3.05) is 11.6 Å². The van der Waals surface area contributed by atoms with Gasteiger partial charge in [-0.1, -0.05) is 24.6 Å². The van der Waals surface area contributed by atoms with E-state index in [0.29, 0.717) is 23.1 Å². The lowest BCUT2D eigenvalue weighted by atomic mass is 10.2. The number of nitrogens with one attached hydrogen (secondary N) is 1. The maximum absolute atomic E-state index is 5.74. The maximum Gasteiger partial charge on any atom is 0.226 e. The van der Waals surface area contributed by atoms with Crippen LogP contribution >= 0.6 is 11.8 Å². The highest BCUT2D eigenvalue weighted by Crippen LogP contribution is 2.30. The Balaban J connectivity index is 1.68. The number of benzene rings is 1. The Morgan fingerprint density at radius 2 is 2.05 bits per heavy atom. The highest BCUT2D eigenvalue weighted by atomic mass is 32.2. The second kappa shape index (κ2) is 6.80. The normalized spacial score (nSPS) is 21.2. The molecular formula is C16H19N3OS. The van der Waals surface area contributed by atoms with Gasteiger partial charge in [-0.3, -0.25) is 0 Å². The van der Waals surface area contributed by atoms with Gasteiger partial charge in [0.25, 0.3) is 0 Å². The van der Waals surface area contributed by atoms with E-state index in [2.05, 4.69) is 21.5 Å². The number of aromatic nitrogens is 2. The number of hydrogen-bond donors (Lipinski definition) is 1. The van der Waals surface area contributed by atoms with Crippen LogP contribution in [0.15, 0.2) is 42.6 Å². The first-order chi connectivity index (χ1) is 10.3. The third-order valence-corrected chi connectivity index (χ3v) is 4.84. The fourth-order valence-electron chi connectivity index (χ4n) is 2.62. The van der Waals surface area contributed by atoms with Gasteiger partial charge in [0, 0.05) is 23.6 Å². The lowest BCUT2D eigenvalue weighted by molar-refractivity contribution is 0.462. The number of para-hydroxylation sites is 1. The molecule has 0 amide bonds. The number of rotatable bonds is 5.